The number of ether oxygens (including phenoxy) is 1. The van der Waals surface area contributed by atoms with Crippen LogP contribution in [0.1, 0.15) is 17.5 Å². The van der Waals surface area contributed by atoms with Gasteiger partial charge in [-0.1, -0.05) is 6.07 Å². The topological polar surface area (TPSA) is 115 Å². The van der Waals surface area contributed by atoms with E-state index in [1.165, 1.54) is 12.0 Å². The van der Waals surface area contributed by atoms with Gasteiger partial charge in [0.1, 0.15) is 11.9 Å². The minimum Gasteiger partial charge on any atom is -0.481 e. The van der Waals surface area contributed by atoms with Crippen molar-refractivity contribution in [3.63, 3.8) is 0 Å². The number of hydrogen-bond acceptors (Lipinski definition) is 9. The molecule has 188 valence electrons. The zero-order valence-corrected chi connectivity index (χ0v) is 20.6. The number of nitrogens with zero attached hydrogens (tertiary/aromatic N) is 7. The molecular weight excluding hydrogens is 468 g/mol. The summed E-state index contributed by atoms with van der Waals surface area (Å²) in [5.41, 5.74) is 5.05. The van der Waals surface area contributed by atoms with E-state index in [0.717, 1.165) is 47.8 Å². The zero-order valence-electron chi connectivity index (χ0n) is 20.6. The summed E-state index contributed by atoms with van der Waals surface area (Å²) in [7, 11) is 1.63. The molecule has 0 aliphatic carbocycles. The molecule has 3 aliphatic heterocycles. The van der Waals surface area contributed by atoms with Gasteiger partial charge >= 0.3 is 0 Å². The van der Waals surface area contributed by atoms with Crippen molar-refractivity contribution in [2.24, 2.45) is 0 Å². The highest BCUT2D eigenvalue weighted by Gasteiger charge is 2.44. The number of piperazine rings is 1. The van der Waals surface area contributed by atoms with Gasteiger partial charge in [-0.3, -0.25) is 4.90 Å². The first-order chi connectivity index (χ1) is 18.2. The predicted octanol–water partition coefficient (Wildman–Crippen LogP) is 2.54. The molecule has 7 heterocycles. The Morgan fingerprint density at radius 3 is 2.68 bits per heavy atom. The number of fused-ring (bicyclic) bond motifs is 3. The van der Waals surface area contributed by atoms with Gasteiger partial charge in [-0.25, -0.2) is 14.5 Å². The standard InChI is InChI=1S/C27H28N8O2/c1-37-26-5-2-18(11-31-26)14-34-22-9-23(34)17-33(16-22)25-4-3-19(12-30-25)24-8-21(29-6-7-36)15-35-27(24)20(10-28)13-32-35/h2-5,8,11-13,15,22-23,29,36H,6-7,9,14,16-17H2,1H3. The van der Waals surface area contributed by atoms with Gasteiger partial charge in [0.2, 0.25) is 5.88 Å². The monoisotopic (exact) mass is 496 g/mol. The van der Waals surface area contributed by atoms with Crippen LogP contribution in [0.15, 0.2) is 55.1 Å². The van der Waals surface area contributed by atoms with E-state index in [9.17, 15) is 10.4 Å². The maximum Gasteiger partial charge on any atom is 0.212 e. The van der Waals surface area contributed by atoms with Crippen molar-refractivity contribution in [2.75, 3.05) is 43.6 Å². The van der Waals surface area contributed by atoms with E-state index >= 15 is 0 Å². The van der Waals surface area contributed by atoms with E-state index in [1.54, 1.807) is 17.8 Å². The van der Waals surface area contributed by atoms with Gasteiger partial charge in [0, 0.05) is 67.8 Å². The molecule has 4 aromatic heterocycles. The summed E-state index contributed by atoms with van der Waals surface area (Å²) in [6, 6.07) is 13.3. The molecule has 3 saturated heterocycles. The number of nitriles is 1. The van der Waals surface area contributed by atoms with Crippen LogP contribution < -0.4 is 15.0 Å². The number of aliphatic hydroxyl groups is 1. The second-order valence-electron chi connectivity index (χ2n) is 9.49. The highest BCUT2D eigenvalue weighted by atomic mass is 16.5. The average molecular weight is 497 g/mol. The van der Waals surface area contributed by atoms with E-state index in [4.69, 9.17) is 9.72 Å². The summed E-state index contributed by atoms with van der Waals surface area (Å²) in [6.45, 7) is 3.24. The molecule has 0 aromatic carbocycles. The van der Waals surface area contributed by atoms with Crippen molar-refractivity contribution < 1.29 is 9.84 Å². The van der Waals surface area contributed by atoms with Crippen LogP contribution in [0.5, 0.6) is 5.88 Å². The van der Waals surface area contributed by atoms with Crippen molar-refractivity contribution in [2.45, 2.75) is 25.0 Å². The normalized spacial score (nSPS) is 18.9. The Morgan fingerprint density at radius 1 is 1.14 bits per heavy atom. The molecule has 7 rings (SSSR count). The minimum absolute atomic E-state index is 0.0262. The number of aliphatic hydroxyl groups excluding tert-OH is 1. The van der Waals surface area contributed by atoms with E-state index in [0.29, 0.717) is 30.1 Å². The fraction of sp³-hybridized carbons (Fsp3) is 0.333. The number of methoxy groups -OCH3 is 1. The number of piperidine rings is 1. The Bertz CT molecular complexity index is 1430. The van der Waals surface area contributed by atoms with Crippen LogP contribution in [0.3, 0.4) is 0 Å². The first-order valence-electron chi connectivity index (χ1n) is 12.4. The summed E-state index contributed by atoms with van der Waals surface area (Å²) in [4.78, 5) is 14.1. The molecular formula is C27H28N8O2. The molecule has 10 nitrogen and oxygen atoms in total. The van der Waals surface area contributed by atoms with E-state index in [-0.39, 0.29) is 6.61 Å². The van der Waals surface area contributed by atoms with Crippen molar-refractivity contribution >= 4 is 17.0 Å². The molecule has 3 fully saturated rings. The molecule has 37 heavy (non-hydrogen) atoms. The number of anilines is 2. The van der Waals surface area contributed by atoms with Gasteiger partial charge < -0.3 is 20.1 Å². The lowest BCUT2D eigenvalue weighted by Gasteiger charge is -2.56. The third-order valence-corrected chi connectivity index (χ3v) is 7.27. The third-order valence-electron chi connectivity index (χ3n) is 7.27. The first-order valence-corrected chi connectivity index (χ1v) is 12.4. The number of aromatic nitrogens is 4. The summed E-state index contributed by atoms with van der Waals surface area (Å²) in [5, 5.41) is 26.3. The molecule has 2 atom stereocenters. The lowest BCUT2D eigenvalue weighted by molar-refractivity contribution is -0.00876. The lowest BCUT2D eigenvalue weighted by atomic mass is 9.87. The predicted molar refractivity (Wildman–Crippen MR) is 139 cm³/mol. The lowest BCUT2D eigenvalue weighted by Crippen LogP contribution is -2.68. The maximum absolute atomic E-state index is 9.60. The van der Waals surface area contributed by atoms with Gasteiger partial charge in [-0.15, -0.1) is 0 Å². The van der Waals surface area contributed by atoms with Gasteiger partial charge in [-0.2, -0.15) is 10.4 Å². The highest BCUT2D eigenvalue weighted by molar-refractivity contribution is 5.86. The van der Waals surface area contributed by atoms with Crippen LogP contribution in [0.2, 0.25) is 0 Å². The van der Waals surface area contributed by atoms with Crippen molar-refractivity contribution in [3.8, 4) is 23.1 Å². The molecule has 2 N–H and O–H groups in total. The fourth-order valence-corrected chi connectivity index (χ4v) is 5.42. The summed E-state index contributed by atoms with van der Waals surface area (Å²) >= 11 is 0. The first kappa shape index (κ1) is 23.2. The van der Waals surface area contributed by atoms with Crippen molar-refractivity contribution in [1.29, 1.82) is 5.26 Å². The van der Waals surface area contributed by atoms with Crippen LogP contribution in [-0.2, 0) is 6.54 Å². The molecule has 0 spiro atoms. The van der Waals surface area contributed by atoms with Gasteiger partial charge in [0.15, 0.2) is 0 Å². The van der Waals surface area contributed by atoms with Crippen LogP contribution >= 0.6 is 0 Å². The molecule has 4 aromatic rings. The summed E-state index contributed by atoms with van der Waals surface area (Å²) < 4.78 is 6.87. The van der Waals surface area contributed by atoms with Crippen LogP contribution in [-0.4, -0.2) is 75.0 Å². The van der Waals surface area contributed by atoms with Gasteiger partial charge in [-0.05, 0) is 30.2 Å². The van der Waals surface area contributed by atoms with E-state index in [2.05, 4.69) is 49.5 Å². The molecule has 2 bridgehead atoms. The fourth-order valence-electron chi connectivity index (χ4n) is 5.42. The smallest absolute Gasteiger partial charge is 0.212 e. The molecule has 0 radical (unpaired) electrons. The number of nitrogens with one attached hydrogen (secondary N) is 1. The molecule has 3 aliphatic rings. The SMILES string of the molecule is COc1ccc(CN2C3CC2CN(c2ccc(-c4cc(NCCO)cn5ncc(C#N)c45)cn2)C3)cn1. The van der Waals surface area contributed by atoms with E-state index < -0.39 is 0 Å². The summed E-state index contributed by atoms with van der Waals surface area (Å²) in [5.74, 6) is 1.60. The average Bonchev–Trinajstić information content (AvgIpc) is 3.38. The Morgan fingerprint density at radius 2 is 2.00 bits per heavy atom. The Balaban J connectivity index is 1.19. The second kappa shape index (κ2) is 9.69. The largest absolute Gasteiger partial charge is 0.481 e. The Kier molecular flexibility index (Phi) is 6.08. The van der Waals surface area contributed by atoms with Crippen LogP contribution in [0, 0.1) is 11.3 Å². The number of rotatable bonds is 8. The Labute approximate surface area is 214 Å². The van der Waals surface area contributed by atoms with Gasteiger partial charge in [0.05, 0.1) is 42.9 Å². The highest BCUT2D eigenvalue weighted by Crippen LogP contribution is 2.36. The van der Waals surface area contributed by atoms with Crippen molar-refractivity contribution in [3.05, 3.63) is 66.2 Å². The summed E-state index contributed by atoms with van der Waals surface area (Å²) in [6.07, 6.45) is 8.38. The molecule has 10 heteroatoms. The minimum atomic E-state index is 0.0262. The second-order valence-corrected chi connectivity index (χ2v) is 9.49. The van der Waals surface area contributed by atoms with E-state index in [1.807, 2.05) is 30.7 Å². The third kappa shape index (κ3) is 4.33. The Hall–Kier alpha value is -4.20. The maximum atomic E-state index is 9.60. The molecule has 0 amide bonds. The van der Waals surface area contributed by atoms with Crippen molar-refractivity contribution in [1.82, 2.24) is 24.5 Å². The zero-order chi connectivity index (χ0) is 25.4. The van der Waals surface area contributed by atoms with Crippen LogP contribution in [0.4, 0.5) is 11.5 Å². The molecule has 2 unspecified atom stereocenters. The van der Waals surface area contributed by atoms with Crippen LogP contribution in [0.25, 0.3) is 16.6 Å². The number of pyridine rings is 3. The number of hydrogen-bond donors (Lipinski definition) is 2. The van der Waals surface area contributed by atoms with Gasteiger partial charge in [0.25, 0.3) is 0 Å². The quantitative estimate of drug-likeness (QED) is 0.380. The molecule has 0 saturated carbocycles.